The van der Waals surface area contributed by atoms with Gasteiger partial charge in [0.2, 0.25) is 5.28 Å². The molecule has 1 atom stereocenters. The maximum absolute atomic E-state index is 12.2. The zero-order valence-electron chi connectivity index (χ0n) is 13.5. The van der Waals surface area contributed by atoms with Crippen molar-refractivity contribution in [3.8, 4) is 0 Å². The van der Waals surface area contributed by atoms with E-state index in [2.05, 4.69) is 14.9 Å². The molecular weight excluding hydrogens is 304 g/mol. The molecule has 1 aromatic rings. The molecule has 1 amide bonds. The van der Waals surface area contributed by atoms with Gasteiger partial charge in [-0.3, -0.25) is 4.90 Å². The number of amides is 1. The number of carbonyl (C=O) groups is 1. The first-order valence-corrected chi connectivity index (χ1v) is 7.82. The Bertz CT molecular complexity index is 533. The van der Waals surface area contributed by atoms with E-state index in [-0.39, 0.29) is 17.4 Å². The summed E-state index contributed by atoms with van der Waals surface area (Å²) in [5.41, 5.74) is 0.420. The van der Waals surface area contributed by atoms with Gasteiger partial charge in [-0.25, -0.2) is 14.8 Å². The van der Waals surface area contributed by atoms with E-state index in [9.17, 15) is 4.79 Å². The third kappa shape index (κ3) is 4.81. The third-order valence-corrected chi connectivity index (χ3v) is 3.59. The Hall–Kier alpha value is -1.40. The van der Waals surface area contributed by atoms with Crippen molar-refractivity contribution in [3.05, 3.63) is 23.2 Å². The van der Waals surface area contributed by atoms with Crippen molar-refractivity contribution in [2.24, 2.45) is 0 Å². The summed E-state index contributed by atoms with van der Waals surface area (Å²) >= 11 is 5.81. The quantitative estimate of drug-likeness (QED) is 0.782. The fourth-order valence-corrected chi connectivity index (χ4v) is 2.62. The highest BCUT2D eigenvalue weighted by Crippen LogP contribution is 2.17. The predicted octanol–water partition coefficient (Wildman–Crippen LogP) is 2.57. The minimum atomic E-state index is -0.467. The minimum absolute atomic E-state index is 0.0981. The summed E-state index contributed by atoms with van der Waals surface area (Å²) in [7, 11) is 0. The fraction of sp³-hybridized carbons (Fsp3) is 0.667. The van der Waals surface area contributed by atoms with Gasteiger partial charge in [0, 0.05) is 38.4 Å². The van der Waals surface area contributed by atoms with E-state index in [1.165, 1.54) is 0 Å². The van der Waals surface area contributed by atoms with Gasteiger partial charge in [-0.15, -0.1) is 0 Å². The van der Waals surface area contributed by atoms with Gasteiger partial charge in [-0.2, -0.15) is 0 Å². The average Bonchev–Trinajstić information content (AvgIpc) is 2.36. The number of ether oxygens (including phenoxy) is 1. The highest BCUT2D eigenvalue weighted by molar-refractivity contribution is 6.28. The van der Waals surface area contributed by atoms with Crippen LogP contribution in [0.3, 0.4) is 0 Å². The number of carbonyl (C=O) groups excluding carboxylic acids is 1. The van der Waals surface area contributed by atoms with Crippen molar-refractivity contribution in [1.82, 2.24) is 19.8 Å². The van der Waals surface area contributed by atoms with E-state index in [0.29, 0.717) is 13.1 Å². The molecule has 1 unspecified atom stereocenters. The monoisotopic (exact) mass is 326 g/mol. The molecule has 0 aromatic carbocycles. The Morgan fingerprint density at radius 2 is 2.18 bits per heavy atom. The molecule has 0 N–H and O–H groups in total. The average molecular weight is 327 g/mol. The maximum Gasteiger partial charge on any atom is 0.410 e. The van der Waals surface area contributed by atoms with Crippen LogP contribution in [-0.2, 0) is 11.3 Å². The van der Waals surface area contributed by atoms with E-state index in [4.69, 9.17) is 16.3 Å². The molecule has 0 saturated carbocycles. The second kappa shape index (κ2) is 6.79. The zero-order valence-corrected chi connectivity index (χ0v) is 14.3. The molecule has 0 spiro atoms. The molecule has 1 saturated heterocycles. The first kappa shape index (κ1) is 17.0. The van der Waals surface area contributed by atoms with Gasteiger partial charge in [0.25, 0.3) is 0 Å². The van der Waals surface area contributed by atoms with E-state index in [1.807, 2.05) is 33.8 Å². The van der Waals surface area contributed by atoms with Gasteiger partial charge in [-0.05, 0) is 45.4 Å². The lowest BCUT2D eigenvalue weighted by molar-refractivity contribution is 0.000438. The van der Waals surface area contributed by atoms with Crippen LogP contribution in [0.25, 0.3) is 0 Å². The minimum Gasteiger partial charge on any atom is -0.444 e. The summed E-state index contributed by atoms with van der Waals surface area (Å²) in [4.78, 5) is 24.3. The second-order valence-corrected chi connectivity index (χ2v) is 6.91. The maximum atomic E-state index is 12.2. The van der Waals surface area contributed by atoms with Crippen molar-refractivity contribution in [3.63, 3.8) is 0 Å². The number of hydrogen-bond donors (Lipinski definition) is 0. The van der Waals surface area contributed by atoms with Crippen LogP contribution in [0.15, 0.2) is 12.3 Å². The molecule has 0 bridgehead atoms. The topological polar surface area (TPSA) is 58.6 Å². The van der Waals surface area contributed by atoms with Crippen molar-refractivity contribution in [2.75, 3.05) is 19.6 Å². The second-order valence-electron chi connectivity index (χ2n) is 6.57. The molecule has 1 aliphatic heterocycles. The van der Waals surface area contributed by atoms with E-state index in [0.717, 1.165) is 18.8 Å². The van der Waals surface area contributed by atoms with E-state index >= 15 is 0 Å². The first-order chi connectivity index (χ1) is 10.2. The standard InChI is InChI=1S/C15H23ClN4O2/c1-11-9-19(10-12-5-6-17-13(16)18-12)7-8-20(11)14(21)22-15(2,3)4/h5-6,11H,7-10H2,1-4H3. The third-order valence-electron chi connectivity index (χ3n) is 3.41. The van der Waals surface area contributed by atoms with Gasteiger partial charge in [0.15, 0.2) is 0 Å². The predicted molar refractivity (Wildman–Crippen MR) is 84.7 cm³/mol. The van der Waals surface area contributed by atoms with Gasteiger partial charge in [0.05, 0.1) is 5.69 Å². The molecule has 0 radical (unpaired) electrons. The van der Waals surface area contributed by atoms with Crippen LogP contribution < -0.4 is 0 Å². The molecule has 2 heterocycles. The normalized spacial score (nSPS) is 20.0. The van der Waals surface area contributed by atoms with E-state index < -0.39 is 5.60 Å². The summed E-state index contributed by atoms with van der Waals surface area (Å²) in [5, 5.41) is 0.262. The number of piperazine rings is 1. The molecule has 2 rings (SSSR count). The fourth-order valence-electron chi connectivity index (χ4n) is 2.46. The Morgan fingerprint density at radius 3 is 2.77 bits per heavy atom. The van der Waals surface area contributed by atoms with Crippen LogP contribution in [-0.4, -0.2) is 57.1 Å². The van der Waals surface area contributed by atoms with E-state index in [1.54, 1.807) is 11.1 Å². The summed E-state index contributed by atoms with van der Waals surface area (Å²) in [6.07, 6.45) is 1.41. The van der Waals surface area contributed by atoms with Gasteiger partial charge in [-0.1, -0.05) is 0 Å². The molecule has 6 nitrogen and oxygen atoms in total. The summed E-state index contributed by atoms with van der Waals surface area (Å²) in [6, 6.07) is 1.96. The van der Waals surface area contributed by atoms with Crippen LogP contribution in [0.4, 0.5) is 4.79 Å². The molecule has 0 aliphatic carbocycles. The lowest BCUT2D eigenvalue weighted by atomic mass is 10.2. The van der Waals surface area contributed by atoms with Crippen molar-refractivity contribution >= 4 is 17.7 Å². The van der Waals surface area contributed by atoms with Gasteiger partial charge >= 0.3 is 6.09 Å². The zero-order chi connectivity index (χ0) is 16.3. The summed E-state index contributed by atoms with van der Waals surface area (Å²) in [5.74, 6) is 0. The van der Waals surface area contributed by atoms with Crippen LogP contribution in [0, 0.1) is 0 Å². The van der Waals surface area contributed by atoms with Crippen molar-refractivity contribution < 1.29 is 9.53 Å². The smallest absolute Gasteiger partial charge is 0.410 e. The largest absolute Gasteiger partial charge is 0.444 e. The molecule has 1 aromatic heterocycles. The molecular formula is C15H23ClN4O2. The molecule has 7 heteroatoms. The number of halogens is 1. The Kier molecular flexibility index (Phi) is 5.24. The van der Waals surface area contributed by atoms with Crippen molar-refractivity contribution in [2.45, 2.75) is 45.9 Å². The van der Waals surface area contributed by atoms with Gasteiger partial charge in [0.1, 0.15) is 5.60 Å². The number of nitrogens with zero attached hydrogens (tertiary/aromatic N) is 4. The number of rotatable bonds is 2. The lowest BCUT2D eigenvalue weighted by Gasteiger charge is -2.40. The molecule has 1 fully saturated rings. The first-order valence-electron chi connectivity index (χ1n) is 7.44. The van der Waals surface area contributed by atoms with Crippen LogP contribution in [0.2, 0.25) is 5.28 Å². The highest BCUT2D eigenvalue weighted by atomic mass is 35.5. The summed E-state index contributed by atoms with van der Waals surface area (Å²) < 4.78 is 5.45. The van der Waals surface area contributed by atoms with Crippen LogP contribution in [0.1, 0.15) is 33.4 Å². The van der Waals surface area contributed by atoms with Crippen LogP contribution >= 0.6 is 11.6 Å². The number of hydrogen-bond acceptors (Lipinski definition) is 5. The SMILES string of the molecule is CC1CN(Cc2ccnc(Cl)n2)CCN1C(=O)OC(C)(C)C. The molecule has 1 aliphatic rings. The highest BCUT2D eigenvalue weighted by Gasteiger charge is 2.30. The van der Waals surface area contributed by atoms with Gasteiger partial charge < -0.3 is 9.64 Å². The summed E-state index contributed by atoms with van der Waals surface area (Å²) in [6.45, 7) is 10.6. The Labute approximate surface area is 136 Å². The lowest BCUT2D eigenvalue weighted by Crippen LogP contribution is -2.54. The molecule has 22 heavy (non-hydrogen) atoms. The number of aromatic nitrogens is 2. The van der Waals surface area contributed by atoms with Crippen LogP contribution in [0.5, 0.6) is 0 Å². The Balaban J connectivity index is 1.91. The van der Waals surface area contributed by atoms with Crippen molar-refractivity contribution in [1.29, 1.82) is 0 Å². The molecule has 122 valence electrons. The Morgan fingerprint density at radius 1 is 1.45 bits per heavy atom.